The molecule has 0 spiro atoms. The van der Waals surface area contributed by atoms with E-state index in [0.29, 0.717) is 0 Å². The summed E-state index contributed by atoms with van der Waals surface area (Å²) in [5.41, 5.74) is 33.8. The Morgan fingerprint density at radius 2 is 1.15 bits per heavy atom. The molecule has 0 radical (unpaired) electrons. The van der Waals surface area contributed by atoms with Crippen LogP contribution in [0, 0.1) is 6.92 Å². The third kappa shape index (κ3) is 7.72. The van der Waals surface area contributed by atoms with E-state index in [0.717, 1.165) is 29.6 Å². The Kier molecular flexibility index (Phi) is 11.8. The van der Waals surface area contributed by atoms with Gasteiger partial charge in [0.1, 0.15) is 0 Å². The minimum Gasteiger partial charge on any atom is -0.399 e. The van der Waals surface area contributed by atoms with Crippen LogP contribution in [0.1, 0.15) is 116 Å². The van der Waals surface area contributed by atoms with E-state index in [1.165, 1.54) is 146 Å². The number of unbranched alkanes of at least 4 members (excludes halogenated alkanes) is 1. The van der Waals surface area contributed by atoms with Crippen LogP contribution in [-0.2, 0) is 29.1 Å². The van der Waals surface area contributed by atoms with Crippen LogP contribution >= 0.6 is 11.3 Å². The number of hydrogen-bond donors (Lipinski definition) is 1. The van der Waals surface area contributed by atoms with Gasteiger partial charge in [-0.15, -0.1) is 11.3 Å². The molecule has 11 aromatic rings. The van der Waals surface area contributed by atoms with Crippen LogP contribution in [0.2, 0.25) is 0 Å². The SMILES string of the molecule is CCCCc1ccc(Cc2ccc3c(sc4cc5c(cc43)C(C)(C)CCC5(C)C)c2B2c3c(N)cc(-c4ccccc4C)cc3-c3cccc4c3N2c2ccccc2C4(c2ccccc2)c2ccccc2)c(-c2ccccc2)c1. The van der Waals surface area contributed by atoms with E-state index in [-0.39, 0.29) is 17.7 Å². The highest BCUT2D eigenvalue weighted by molar-refractivity contribution is 7.27. The van der Waals surface area contributed by atoms with Crippen molar-refractivity contribution in [3.05, 3.63) is 268 Å². The minimum absolute atomic E-state index is 0.0698. The second-order valence-electron chi connectivity index (χ2n) is 24.2. The van der Waals surface area contributed by atoms with Crippen molar-refractivity contribution in [2.24, 2.45) is 0 Å². The summed E-state index contributed by atoms with van der Waals surface area (Å²) >= 11 is 2.00. The van der Waals surface area contributed by atoms with Crippen LogP contribution in [0.25, 0.3) is 53.6 Å². The average Bonchev–Trinajstić information content (AvgIpc) is 2.88. The van der Waals surface area contributed by atoms with Gasteiger partial charge >= 0.3 is 6.85 Å². The third-order valence-electron chi connectivity index (χ3n) is 18.6. The Hall–Kier alpha value is -7.92. The maximum Gasteiger partial charge on any atom is 0.332 e. The molecule has 386 valence electrons. The standard InChI is InChI=1S/C75H67BN2S/c1-7-8-24-49-36-37-51(59(42-49)50-25-12-9-13-26-50)43-52-38-39-58-60-46-64-65(74(5,6)41-40-73(64,3)4)47-68(60)79-72(58)69(52)76-70-61(44-53(45-66(70)77)56-31-19-18-23-48(56)2)57-32-22-34-63-71(57)78(76)67-35-21-20-33-62(67)75(63,54-27-14-10-15-28-54)55-29-16-11-17-30-55/h9-23,25-39,42,44-47H,7-8,24,40-41,43,77H2,1-6H3. The summed E-state index contributed by atoms with van der Waals surface area (Å²) in [5, 5.41) is 2.68. The highest BCUT2D eigenvalue weighted by Gasteiger charge is 2.52. The molecule has 14 rings (SSSR count). The molecule has 1 aliphatic carbocycles. The van der Waals surface area contributed by atoms with E-state index in [1.807, 2.05) is 11.3 Å². The van der Waals surface area contributed by atoms with Crippen molar-refractivity contribution in [3.8, 4) is 33.4 Å². The molecule has 2 nitrogen and oxygen atoms in total. The molecule has 0 saturated heterocycles. The van der Waals surface area contributed by atoms with Gasteiger partial charge < -0.3 is 10.5 Å². The lowest BCUT2D eigenvalue weighted by Crippen LogP contribution is -2.61. The number of nitrogens with zero attached hydrogens (tertiary/aromatic N) is 1. The van der Waals surface area contributed by atoms with E-state index in [4.69, 9.17) is 5.73 Å². The number of para-hydroxylation sites is 2. The smallest absolute Gasteiger partial charge is 0.332 e. The Bertz CT molecular complexity index is 4150. The van der Waals surface area contributed by atoms with Gasteiger partial charge in [-0.25, -0.2) is 0 Å². The molecule has 79 heavy (non-hydrogen) atoms. The van der Waals surface area contributed by atoms with Gasteiger partial charge in [-0.3, -0.25) is 0 Å². The Morgan fingerprint density at radius 1 is 0.519 bits per heavy atom. The van der Waals surface area contributed by atoms with Crippen LogP contribution < -0.4 is 21.5 Å². The van der Waals surface area contributed by atoms with Crippen LogP contribution in [0.5, 0.6) is 0 Å². The number of hydrogen-bond acceptors (Lipinski definition) is 3. The molecule has 2 N–H and O–H groups in total. The molecule has 0 unspecified atom stereocenters. The number of thiophene rings is 1. The summed E-state index contributed by atoms with van der Waals surface area (Å²) in [6.45, 7) is 14.1. The Morgan fingerprint density at radius 3 is 1.87 bits per heavy atom. The van der Waals surface area contributed by atoms with E-state index < -0.39 is 5.41 Å². The van der Waals surface area contributed by atoms with E-state index in [1.54, 1.807) is 0 Å². The van der Waals surface area contributed by atoms with Crippen molar-refractivity contribution in [2.45, 2.75) is 96.3 Å². The molecule has 0 amide bonds. The topological polar surface area (TPSA) is 29.3 Å². The molecule has 0 atom stereocenters. The minimum atomic E-state index is -0.641. The zero-order valence-corrected chi connectivity index (χ0v) is 47.3. The molecule has 0 bridgehead atoms. The lowest BCUT2D eigenvalue weighted by molar-refractivity contribution is 0.332. The number of rotatable bonds is 10. The fourth-order valence-corrected chi connectivity index (χ4v) is 15.8. The molecule has 3 heterocycles. The number of nitrogens with two attached hydrogens (primary N) is 1. The maximum absolute atomic E-state index is 7.94. The van der Waals surface area contributed by atoms with Gasteiger partial charge in [0.15, 0.2) is 0 Å². The molecule has 0 fully saturated rings. The predicted molar refractivity (Wildman–Crippen MR) is 340 cm³/mol. The molecular formula is C75H67BN2S. The van der Waals surface area contributed by atoms with Crippen LogP contribution in [0.3, 0.4) is 0 Å². The monoisotopic (exact) mass is 1040 g/mol. The zero-order chi connectivity index (χ0) is 53.8. The lowest BCUT2D eigenvalue weighted by atomic mass is 9.42. The van der Waals surface area contributed by atoms with E-state index >= 15 is 0 Å². The number of aryl methyl sites for hydroxylation is 2. The summed E-state index contributed by atoms with van der Waals surface area (Å²) in [4.78, 5) is 2.75. The summed E-state index contributed by atoms with van der Waals surface area (Å²) < 4.78 is 2.69. The van der Waals surface area contributed by atoms with Crippen LogP contribution in [0.15, 0.2) is 212 Å². The quantitative estimate of drug-likeness (QED) is 0.109. The van der Waals surface area contributed by atoms with Gasteiger partial charge in [-0.05, 0) is 180 Å². The first-order valence-electron chi connectivity index (χ1n) is 28.8. The van der Waals surface area contributed by atoms with Crippen molar-refractivity contribution < 1.29 is 0 Å². The lowest BCUT2D eigenvalue weighted by Gasteiger charge is -2.51. The third-order valence-corrected chi connectivity index (χ3v) is 19.8. The normalized spacial score (nSPS) is 15.4. The van der Waals surface area contributed by atoms with Crippen LogP contribution in [-0.4, -0.2) is 6.85 Å². The molecular weight excluding hydrogens is 972 g/mol. The fraction of sp³-hybridized carbons (Fsp3) is 0.200. The van der Waals surface area contributed by atoms with Gasteiger partial charge in [-0.1, -0.05) is 223 Å². The molecule has 1 aromatic heterocycles. The van der Waals surface area contributed by atoms with Gasteiger partial charge in [-0.2, -0.15) is 0 Å². The second-order valence-corrected chi connectivity index (χ2v) is 25.3. The Balaban J connectivity index is 1.13. The summed E-state index contributed by atoms with van der Waals surface area (Å²) in [7, 11) is 0. The fourth-order valence-electron chi connectivity index (χ4n) is 14.5. The van der Waals surface area contributed by atoms with Crippen molar-refractivity contribution in [2.75, 3.05) is 10.5 Å². The largest absolute Gasteiger partial charge is 0.399 e. The first-order valence-corrected chi connectivity index (χ1v) is 29.6. The highest BCUT2D eigenvalue weighted by Crippen LogP contribution is 2.60. The van der Waals surface area contributed by atoms with Gasteiger partial charge in [0, 0.05) is 37.4 Å². The van der Waals surface area contributed by atoms with Gasteiger partial charge in [0.05, 0.1) is 5.41 Å². The maximum atomic E-state index is 7.94. The van der Waals surface area contributed by atoms with Crippen molar-refractivity contribution >= 4 is 66.3 Å². The number of benzene rings is 10. The van der Waals surface area contributed by atoms with Crippen molar-refractivity contribution in [3.63, 3.8) is 0 Å². The second kappa shape index (κ2) is 18.9. The number of anilines is 3. The molecule has 4 heteroatoms. The molecule has 10 aromatic carbocycles. The van der Waals surface area contributed by atoms with Crippen LogP contribution in [0.4, 0.5) is 17.1 Å². The zero-order valence-electron chi connectivity index (χ0n) is 46.5. The molecule has 0 saturated carbocycles. The first kappa shape index (κ1) is 49.4. The van der Waals surface area contributed by atoms with E-state index in [9.17, 15) is 0 Å². The van der Waals surface area contributed by atoms with E-state index in [2.05, 4.69) is 259 Å². The summed E-state index contributed by atoms with van der Waals surface area (Å²) in [6.07, 6.45) is 6.50. The summed E-state index contributed by atoms with van der Waals surface area (Å²) in [5.74, 6) is 0. The van der Waals surface area contributed by atoms with Crippen molar-refractivity contribution in [1.82, 2.24) is 0 Å². The number of nitrogen functional groups attached to an aromatic ring is 1. The predicted octanol–water partition coefficient (Wildman–Crippen LogP) is 18.2. The summed E-state index contributed by atoms with van der Waals surface area (Å²) in [6, 6.07) is 81.1. The molecule has 3 aliphatic rings. The van der Waals surface area contributed by atoms with Crippen molar-refractivity contribution in [1.29, 1.82) is 0 Å². The average molecular weight is 1040 g/mol. The van der Waals surface area contributed by atoms with Gasteiger partial charge in [0.25, 0.3) is 0 Å². The Labute approximate surface area is 471 Å². The number of fused-ring (bicyclic) bond motifs is 8. The molecule has 2 aliphatic heterocycles. The first-order chi connectivity index (χ1) is 38.5. The van der Waals surface area contributed by atoms with Gasteiger partial charge in [0.2, 0.25) is 0 Å². The highest BCUT2D eigenvalue weighted by atomic mass is 32.1.